The number of hydrogen-bond acceptors (Lipinski definition) is 7. The molecule has 30 heavy (non-hydrogen) atoms. The molecule has 0 aliphatic heterocycles. The van der Waals surface area contributed by atoms with Gasteiger partial charge in [0.15, 0.2) is 5.13 Å². The highest BCUT2D eigenvalue weighted by atomic mass is 32.1. The molecule has 0 spiro atoms. The first-order valence-electron chi connectivity index (χ1n) is 8.38. The summed E-state index contributed by atoms with van der Waals surface area (Å²) in [6.07, 6.45) is -4.45. The molecule has 4 aromatic rings. The van der Waals surface area contributed by atoms with Gasteiger partial charge in [-0.3, -0.25) is 10.1 Å². The third kappa shape index (κ3) is 4.47. The topological polar surface area (TPSA) is 86.9 Å². The number of halogens is 3. The summed E-state index contributed by atoms with van der Waals surface area (Å²) in [5.74, 6) is -0.405. The van der Waals surface area contributed by atoms with E-state index in [0.717, 1.165) is 29.0 Å². The van der Waals surface area contributed by atoms with Gasteiger partial charge in [-0.2, -0.15) is 13.2 Å². The number of rotatable bonds is 4. The number of alkyl halides is 3. The summed E-state index contributed by atoms with van der Waals surface area (Å²) in [6, 6.07) is 12.0. The minimum Gasteiger partial charge on any atom is -0.508 e. The molecule has 0 saturated carbocycles. The van der Waals surface area contributed by atoms with Gasteiger partial charge < -0.3 is 5.11 Å². The van der Waals surface area contributed by atoms with Crippen LogP contribution in [-0.2, 0) is 6.18 Å². The summed E-state index contributed by atoms with van der Waals surface area (Å²) < 4.78 is 38.6. The first kappa shape index (κ1) is 20.0. The van der Waals surface area contributed by atoms with E-state index < -0.39 is 17.6 Å². The lowest BCUT2D eigenvalue weighted by molar-refractivity contribution is -0.137. The highest BCUT2D eigenvalue weighted by Gasteiger charge is 2.30. The molecule has 0 aliphatic rings. The van der Waals surface area contributed by atoms with Crippen molar-refractivity contribution < 1.29 is 23.1 Å². The van der Waals surface area contributed by atoms with E-state index in [1.807, 2.05) is 0 Å². The molecule has 0 aliphatic carbocycles. The van der Waals surface area contributed by atoms with Crippen molar-refractivity contribution in [2.75, 3.05) is 5.32 Å². The number of fused-ring (bicyclic) bond motifs is 1. The number of aromatic nitrogens is 1. The Labute approximate surface area is 175 Å². The van der Waals surface area contributed by atoms with Crippen molar-refractivity contribution in [3.63, 3.8) is 0 Å². The van der Waals surface area contributed by atoms with E-state index in [1.165, 1.54) is 34.8 Å². The number of benzene rings is 2. The Hall–Kier alpha value is -3.31. The number of amides is 1. The highest BCUT2D eigenvalue weighted by molar-refractivity contribution is 7.30. The first-order valence-corrected chi connectivity index (χ1v) is 10.0. The van der Waals surface area contributed by atoms with Gasteiger partial charge in [0.1, 0.15) is 15.6 Å². The maximum absolute atomic E-state index is 12.6. The monoisotopic (exact) mass is 448 g/mol. The van der Waals surface area contributed by atoms with Gasteiger partial charge in [0.2, 0.25) is 0 Å². The number of thiophene rings is 1. The highest BCUT2D eigenvalue weighted by Crippen LogP contribution is 2.38. The van der Waals surface area contributed by atoms with E-state index in [9.17, 15) is 23.1 Å². The molecule has 152 valence electrons. The van der Waals surface area contributed by atoms with Crippen molar-refractivity contribution in [2.24, 2.45) is 10.2 Å². The molecule has 2 aromatic carbocycles. The van der Waals surface area contributed by atoms with Gasteiger partial charge in [-0.1, -0.05) is 22.7 Å². The number of anilines is 1. The quantitative estimate of drug-likeness (QED) is 0.339. The third-order valence-corrected chi connectivity index (χ3v) is 5.85. The fraction of sp³-hybridized carbons (Fsp3) is 0.0526. The van der Waals surface area contributed by atoms with E-state index in [1.54, 1.807) is 18.2 Å². The molecular formula is C19H11F3N4O2S2. The number of thiazole rings is 1. The number of phenols is 1. The lowest BCUT2D eigenvalue weighted by Crippen LogP contribution is -2.12. The van der Waals surface area contributed by atoms with E-state index in [4.69, 9.17) is 0 Å². The van der Waals surface area contributed by atoms with Crippen molar-refractivity contribution in [1.82, 2.24) is 4.98 Å². The number of nitrogens with zero attached hydrogens (tertiary/aromatic N) is 3. The Morgan fingerprint density at radius 3 is 2.33 bits per heavy atom. The van der Waals surface area contributed by atoms with Crippen LogP contribution < -0.4 is 5.32 Å². The fourth-order valence-electron chi connectivity index (χ4n) is 2.43. The van der Waals surface area contributed by atoms with Gasteiger partial charge >= 0.3 is 6.18 Å². The molecule has 0 saturated heterocycles. The number of azo groups is 1. The van der Waals surface area contributed by atoms with E-state index in [2.05, 4.69) is 20.5 Å². The van der Waals surface area contributed by atoms with Crippen molar-refractivity contribution in [3.05, 3.63) is 65.7 Å². The van der Waals surface area contributed by atoms with Gasteiger partial charge in [-0.15, -0.1) is 10.2 Å². The molecule has 2 heterocycles. The molecule has 2 N–H and O–H groups in total. The molecule has 0 unspecified atom stereocenters. The van der Waals surface area contributed by atoms with Crippen molar-refractivity contribution >= 4 is 53.9 Å². The summed E-state index contributed by atoms with van der Waals surface area (Å²) in [5.41, 5.74) is -0.130. The van der Waals surface area contributed by atoms with Crippen LogP contribution in [0.1, 0.15) is 15.9 Å². The van der Waals surface area contributed by atoms with Gasteiger partial charge in [-0.05, 0) is 54.6 Å². The predicted octanol–water partition coefficient (Wildman–Crippen LogP) is 6.75. The summed E-state index contributed by atoms with van der Waals surface area (Å²) in [5, 5.41) is 21.0. The van der Waals surface area contributed by atoms with Gasteiger partial charge in [0.25, 0.3) is 5.91 Å². The number of hydrogen-bond donors (Lipinski definition) is 2. The Kier molecular flexibility index (Phi) is 5.22. The summed E-state index contributed by atoms with van der Waals surface area (Å²) in [6.45, 7) is 0. The SMILES string of the molecule is O=C(Nc1nc2sc(N=Nc3ccc(O)cc3)cc2s1)c1ccc(C(F)(F)F)cc1. The van der Waals surface area contributed by atoms with Crippen molar-refractivity contribution in [2.45, 2.75) is 6.18 Å². The van der Waals surface area contributed by atoms with Crippen LogP contribution in [0.2, 0.25) is 0 Å². The van der Waals surface area contributed by atoms with Crippen molar-refractivity contribution in [3.8, 4) is 5.75 Å². The molecule has 0 fully saturated rings. The largest absolute Gasteiger partial charge is 0.508 e. The average Bonchev–Trinajstić information content (AvgIpc) is 3.25. The third-order valence-electron chi connectivity index (χ3n) is 3.88. The zero-order valence-electron chi connectivity index (χ0n) is 14.8. The number of phenolic OH excluding ortho intramolecular Hbond substituents is 1. The average molecular weight is 448 g/mol. The van der Waals surface area contributed by atoms with Crippen LogP contribution >= 0.6 is 22.7 Å². The number of aromatic hydroxyl groups is 1. The number of carbonyl (C=O) groups is 1. The lowest BCUT2D eigenvalue weighted by atomic mass is 10.1. The van der Waals surface area contributed by atoms with Crippen molar-refractivity contribution in [1.29, 1.82) is 0 Å². The molecule has 0 bridgehead atoms. The second-order valence-electron chi connectivity index (χ2n) is 6.02. The second-order valence-corrected chi connectivity index (χ2v) is 8.06. The first-order chi connectivity index (χ1) is 14.3. The Morgan fingerprint density at radius 1 is 1.00 bits per heavy atom. The number of nitrogens with one attached hydrogen (secondary N) is 1. The Morgan fingerprint density at radius 2 is 1.70 bits per heavy atom. The molecule has 1 amide bonds. The predicted molar refractivity (Wildman–Crippen MR) is 109 cm³/mol. The molecule has 0 radical (unpaired) electrons. The zero-order chi connectivity index (χ0) is 21.3. The van der Waals surface area contributed by atoms with Crippen LogP contribution in [0.25, 0.3) is 9.53 Å². The van der Waals surface area contributed by atoms with Crippen LogP contribution in [0, 0.1) is 0 Å². The van der Waals surface area contributed by atoms with Crippen LogP contribution in [-0.4, -0.2) is 16.0 Å². The summed E-state index contributed by atoms with van der Waals surface area (Å²) in [7, 11) is 0. The molecule has 11 heteroatoms. The standard InChI is InChI=1S/C19H11F3N4O2S2/c20-19(21,22)11-3-1-10(2-4-11)16(28)23-18-24-17-14(29-18)9-15(30-17)26-25-12-5-7-13(27)8-6-12/h1-9,27H,(H,23,24,28). The van der Waals surface area contributed by atoms with Crippen LogP contribution in [0.4, 0.5) is 29.0 Å². The van der Waals surface area contributed by atoms with Crippen LogP contribution in [0.5, 0.6) is 5.75 Å². The van der Waals surface area contributed by atoms with E-state index in [0.29, 0.717) is 20.7 Å². The fourth-order valence-corrected chi connectivity index (χ4v) is 4.36. The molecular weight excluding hydrogens is 437 g/mol. The van der Waals surface area contributed by atoms with Gasteiger partial charge in [0.05, 0.1) is 16.0 Å². The van der Waals surface area contributed by atoms with Crippen LogP contribution in [0.3, 0.4) is 0 Å². The Balaban J connectivity index is 1.45. The normalized spacial score (nSPS) is 12.0. The van der Waals surface area contributed by atoms with Crippen LogP contribution in [0.15, 0.2) is 64.8 Å². The van der Waals surface area contributed by atoms with Gasteiger partial charge in [0, 0.05) is 5.56 Å². The molecule has 0 atom stereocenters. The minimum atomic E-state index is -4.45. The number of carbonyl (C=O) groups excluding carboxylic acids is 1. The summed E-state index contributed by atoms with van der Waals surface area (Å²) in [4.78, 5) is 17.2. The lowest BCUT2D eigenvalue weighted by Gasteiger charge is -2.07. The maximum atomic E-state index is 12.6. The van der Waals surface area contributed by atoms with E-state index >= 15 is 0 Å². The molecule has 6 nitrogen and oxygen atoms in total. The zero-order valence-corrected chi connectivity index (χ0v) is 16.5. The smallest absolute Gasteiger partial charge is 0.416 e. The van der Waals surface area contributed by atoms with E-state index in [-0.39, 0.29) is 11.3 Å². The molecule has 4 rings (SSSR count). The minimum absolute atomic E-state index is 0.102. The maximum Gasteiger partial charge on any atom is 0.416 e. The summed E-state index contributed by atoms with van der Waals surface area (Å²) >= 11 is 2.51. The van der Waals surface area contributed by atoms with Gasteiger partial charge in [-0.25, -0.2) is 4.98 Å². The second kappa shape index (κ2) is 7.84. The Bertz CT molecular complexity index is 1200. The molecule has 2 aromatic heterocycles.